The van der Waals surface area contributed by atoms with Crippen LogP contribution in [0, 0.1) is 0 Å². The van der Waals surface area contributed by atoms with E-state index in [9.17, 15) is 0 Å². The summed E-state index contributed by atoms with van der Waals surface area (Å²) in [5.74, 6) is 0.637. The summed E-state index contributed by atoms with van der Waals surface area (Å²) in [6.45, 7) is 4.82. The fraction of sp³-hybridized carbons (Fsp3) is 0.250. The quantitative estimate of drug-likeness (QED) is 0.776. The Morgan fingerprint density at radius 3 is 2.95 bits per heavy atom. The van der Waals surface area contributed by atoms with Gasteiger partial charge in [-0.3, -0.25) is 4.98 Å². The Morgan fingerprint density at radius 2 is 2.10 bits per heavy atom. The van der Waals surface area contributed by atoms with Gasteiger partial charge in [0, 0.05) is 24.2 Å². The molecule has 0 fully saturated rings. The second-order valence-electron chi connectivity index (χ2n) is 5.07. The zero-order chi connectivity index (χ0) is 14.7. The van der Waals surface area contributed by atoms with Crippen molar-refractivity contribution in [3.63, 3.8) is 0 Å². The molecule has 1 aromatic carbocycles. The van der Waals surface area contributed by atoms with Crippen molar-refractivity contribution in [2.45, 2.75) is 26.4 Å². The predicted octanol–water partition coefficient (Wildman–Crippen LogP) is 3.51. The monoisotopic (exact) mass is 283 g/mol. The van der Waals surface area contributed by atoms with Gasteiger partial charge in [-0.15, -0.1) is 0 Å². The lowest BCUT2D eigenvalue weighted by Crippen LogP contribution is -2.21. The average molecular weight is 283 g/mol. The van der Waals surface area contributed by atoms with Crippen molar-refractivity contribution in [1.29, 1.82) is 0 Å². The van der Waals surface area contributed by atoms with Crippen molar-refractivity contribution < 1.29 is 9.15 Å². The third kappa shape index (κ3) is 3.20. The van der Waals surface area contributed by atoms with Gasteiger partial charge in [-0.05, 0) is 12.1 Å². The standard InChI is InChI=1S/C16H17N3O2/c1-11(2)18-9-13-10-20-16(19-13)21-14-7-3-5-12-6-4-8-17-15(12)14/h3-8,10-11,18H,9H2,1-2H3. The summed E-state index contributed by atoms with van der Waals surface area (Å²) in [6.07, 6.45) is 3.57. The van der Waals surface area contributed by atoms with Crippen LogP contribution in [0.15, 0.2) is 47.2 Å². The van der Waals surface area contributed by atoms with Crippen LogP contribution in [0.4, 0.5) is 0 Å². The Hall–Kier alpha value is -2.40. The number of oxazole rings is 1. The average Bonchev–Trinajstić information content (AvgIpc) is 2.93. The van der Waals surface area contributed by atoms with Gasteiger partial charge >= 0.3 is 6.08 Å². The SMILES string of the molecule is CC(C)NCc1coc(Oc2cccc3cccnc23)n1. The lowest BCUT2D eigenvalue weighted by Gasteiger charge is -2.05. The fourth-order valence-corrected chi connectivity index (χ4v) is 1.98. The molecule has 0 atom stereocenters. The highest BCUT2D eigenvalue weighted by molar-refractivity contribution is 5.84. The van der Waals surface area contributed by atoms with Gasteiger partial charge in [0.05, 0.1) is 5.69 Å². The molecule has 0 spiro atoms. The minimum Gasteiger partial charge on any atom is -0.417 e. The zero-order valence-corrected chi connectivity index (χ0v) is 12.0. The van der Waals surface area contributed by atoms with Crippen molar-refractivity contribution in [3.8, 4) is 11.8 Å². The normalized spacial score (nSPS) is 11.2. The number of para-hydroxylation sites is 1. The summed E-state index contributed by atoms with van der Waals surface area (Å²) in [5, 5.41) is 4.30. The predicted molar refractivity (Wildman–Crippen MR) is 80.3 cm³/mol. The van der Waals surface area contributed by atoms with Crippen LogP contribution in [0.3, 0.4) is 0 Å². The lowest BCUT2D eigenvalue weighted by molar-refractivity contribution is 0.333. The van der Waals surface area contributed by atoms with Gasteiger partial charge in [-0.1, -0.05) is 32.0 Å². The smallest absolute Gasteiger partial charge is 0.399 e. The summed E-state index contributed by atoms with van der Waals surface area (Å²) in [6, 6.07) is 10.0. The van der Waals surface area contributed by atoms with E-state index in [0.29, 0.717) is 18.3 Å². The van der Waals surface area contributed by atoms with Crippen LogP contribution in [0.25, 0.3) is 10.9 Å². The number of ether oxygens (including phenoxy) is 1. The molecule has 3 rings (SSSR count). The van der Waals surface area contributed by atoms with Crippen LogP contribution >= 0.6 is 0 Å². The maximum atomic E-state index is 5.71. The van der Waals surface area contributed by atoms with Gasteiger partial charge in [0.1, 0.15) is 11.8 Å². The Morgan fingerprint density at radius 1 is 1.24 bits per heavy atom. The highest BCUT2D eigenvalue weighted by atomic mass is 16.6. The minimum absolute atomic E-state index is 0.230. The van der Waals surface area contributed by atoms with Crippen molar-refractivity contribution in [2.75, 3.05) is 0 Å². The molecule has 0 radical (unpaired) electrons. The number of hydrogen-bond donors (Lipinski definition) is 1. The van der Waals surface area contributed by atoms with Crippen molar-refractivity contribution in [2.24, 2.45) is 0 Å². The molecule has 0 amide bonds. The number of aromatic nitrogens is 2. The summed E-state index contributed by atoms with van der Waals surface area (Å²) in [5.41, 5.74) is 1.60. The molecule has 5 heteroatoms. The number of benzene rings is 1. The Bertz CT molecular complexity index is 732. The van der Waals surface area contributed by atoms with Gasteiger partial charge in [-0.2, -0.15) is 4.98 Å². The lowest BCUT2D eigenvalue weighted by atomic mass is 10.2. The second kappa shape index (κ2) is 5.93. The van der Waals surface area contributed by atoms with E-state index >= 15 is 0 Å². The highest BCUT2D eigenvalue weighted by Crippen LogP contribution is 2.27. The van der Waals surface area contributed by atoms with E-state index in [-0.39, 0.29) is 6.08 Å². The third-order valence-corrected chi connectivity index (χ3v) is 3.02. The number of fused-ring (bicyclic) bond motifs is 1. The molecule has 0 saturated heterocycles. The first-order chi connectivity index (χ1) is 10.2. The summed E-state index contributed by atoms with van der Waals surface area (Å²) >= 11 is 0. The van der Waals surface area contributed by atoms with Crippen LogP contribution in [0.2, 0.25) is 0 Å². The first kappa shape index (κ1) is 13.6. The van der Waals surface area contributed by atoms with Crippen LogP contribution in [0.5, 0.6) is 11.8 Å². The Kier molecular flexibility index (Phi) is 3.83. The van der Waals surface area contributed by atoms with Gasteiger partial charge in [0.2, 0.25) is 0 Å². The van der Waals surface area contributed by atoms with Gasteiger partial charge < -0.3 is 14.5 Å². The number of pyridine rings is 1. The van der Waals surface area contributed by atoms with E-state index in [2.05, 4.69) is 29.1 Å². The molecular formula is C16H17N3O2. The molecule has 21 heavy (non-hydrogen) atoms. The molecule has 3 aromatic rings. The fourth-order valence-electron chi connectivity index (χ4n) is 1.98. The van der Waals surface area contributed by atoms with E-state index in [1.54, 1.807) is 12.5 Å². The first-order valence-corrected chi connectivity index (χ1v) is 6.92. The van der Waals surface area contributed by atoms with Gasteiger partial charge in [-0.25, -0.2) is 0 Å². The molecular weight excluding hydrogens is 266 g/mol. The van der Waals surface area contributed by atoms with E-state index in [1.165, 1.54) is 0 Å². The van der Waals surface area contributed by atoms with Crippen LogP contribution in [-0.2, 0) is 6.54 Å². The van der Waals surface area contributed by atoms with Gasteiger partial charge in [0.25, 0.3) is 0 Å². The van der Waals surface area contributed by atoms with Crippen LogP contribution in [-0.4, -0.2) is 16.0 Å². The Labute approximate surface area is 123 Å². The summed E-state index contributed by atoms with van der Waals surface area (Å²) in [4.78, 5) is 8.64. The summed E-state index contributed by atoms with van der Waals surface area (Å²) in [7, 11) is 0. The molecule has 0 aliphatic rings. The third-order valence-electron chi connectivity index (χ3n) is 3.02. The molecule has 0 aliphatic heterocycles. The number of hydrogen-bond acceptors (Lipinski definition) is 5. The van der Waals surface area contributed by atoms with Crippen LogP contribution in [0.1, 0.15) is 19.5 Å². The molecule has 2 heterocycles. The van der Waals surface area contributed by atoms with Gasteiger partial charge in [0.15, 0.2) is 5.75 Å². The zero-order valence-electron chi connectivity index (χ0n) is 12.0. The number of rotatable bonds is 5. The first-order valence-electron chi connectivity index (χ1n) is 6.92. The maximum absolute atomic E-state index is 5.71. The molecule has 5 nitrogen and oxygen atoms in total. The largest absolute Gasteiger partial charge is 0.417 e. The number of nitrogens with one attached hydrogen (secondary N) is 1. The van der Waals surface area contributed by atoms with Crippen molar-refractivity contribution in [1.82, 2.24) is 15.3 Å². The van der Waals surface area contributed by atoms with Crippen molar-refractivity contribution >= 4 is 10.9 Å². The van der Waals surface area contributed by atoms with Crippen molar-refractivity contribution in [3.05, 3.63) is 48.5 Å². The second-order valence-corrected chi connectivity index (χ2v) is 5.07. The molecule has 0 unspecified atom stereocenters. The van der Waals surface area contributed by atoms with Crippen LogP contribution < -0.4 is 10.1 Å². The Balaban J connectivity index is 1.79. The molecule has 1 N–H and O–H groups in total. The number of nitrogens with zero attached hydrogens (tertiary/aromatic N) is 2. The maximum Gasteiger partial charge on any atom is 0.399 e. The molecule has 108 valence electrons. The summed E-state index contributed by atoms with van der Waals surface area (Å²) < 4.78 is 11.1. The van der Waals surface area contributed by atoms with E-state index in [1.807, 2.05) is 30.3 Å². The van der Waals surface area contributed by atoms with E-state index in [4.69, 9.17) is 9.15 Å². The minimum atomic E-state index is 0.230. The molecule has 0 saturated carbocycles. The van der Waals surface area contributed by atoms with E-state index in [0.717, 1.165) is 16.6 Å². The van der Waals surface area contributed by atoms with E-state index < -0.39 is 0 Å². The molecule has 2 aromatic heterocycles. The topological polar surface area (TPSA) is 60.2 Å². The molecule has 0 bridgehead atoms. The highest BCUT2D eigenvalue weighted by Gasteiger charge is 2.09. The molecule has 0 aliphatic carbocycles.